The maximum atomic E-state index is 3.60. The molecule has 1 rings (SSSR count). The van der Waals surface area contributed by atoms with Gasteiger partial charge in [0, 0.05) is 0 Å². The third kappa shape index (κ3) is 20.7. The van der Waals surface area contributed by atoms with Crippen molar-refractivity contribution in [3.8, 4) is 0 Å². The SMILES string of the molecule is CCC(=[C-]Br)c1ccccc1.[CH2-]CCC.[CH2-]CCC.[Li+].[Zn+2]. The second-order valence-corrected chi connectivity index (χ2v) is 4.40. The van der Waals surface area contributed by atoms with Gasteiger partial charge in [-0.25, -0.2) is 5.57 Å². The molecule has 1 aromatic rings. The number of hydrogen-bond donors (Lipinski definition) is 0. The maximum Gasteiger partial charge on any atom is 2.00 e. The third-order valence-electron chi connectivity index (χ3n) is 2.30. The van der Waals surface area contributed by atoms with E-state index in [1.165, 1.54) is 24.0 Å². The Morgan fingerprint density at radius 1 is 1.00 bits per heavy atom. The summed E-state index contributed by atoms with van der Waals surface area (Å²) in [5, 5.41) is 0. The van der Waals surface area contributed by atoms with Gasteiger partial charge in [0.2, 0.25) is 0 Å². The number of allylic oxidation sites excluding steroid dienone is 1. The van der Waals surface area contributed by atoms with Crippen molar-refractivity contribution in [1.29, 1.82) is 0 Å². The Balaban J connectivity index is -0.000000123. The smallest absolute Gasteiger partial charge is 0.343 e. The number of hydrogen-bond acceptors (Lipinski definition) is 0. The zero-order valence-corrected chi connectivity index (χ0v) is 19.0. The fraction of sp³-hybridized carbons (Fsp3) is 0.444. The van der Waals surface area contributed by atoms with Gasteiger partial charge >= 0.3 is 38.3 Å². The van der Waals surface area contributed by atoms with Crippen molar-refractivity contribution in [3.05, 3.63) is 54.7 Å². The summed E-state index contributed by atoms with van der Waals surface area (Å²) in [5.74, 6) is 0. The van der Waals surface area contributed by atoms with Crippen LogP contribution in [-0.4, -0.2) is 0 Å². The molecule has 3 heteroatoms. The van der Waals surface area contributed by atoms with Crippen LogP contribution in [0, 0.1) is 18.8 Å². The molecule has 21 heavy (non-hydrogen) atoms. The Morgan fingerprint density at radius 2 is 1.38 bits per heavy atom. The Bertz CT molecular complexity index is 291. The maximum absolute atomic E-state index is 3.60. The van der Waals surface area contributed by atoms with Crippen LogP contribution in [-0.2, 0) is 19.5 Å². The Kier molecular flexibility index (Phi) is 36.1. The van der Waals surface area contributed by atoms with E-state index in [9.17, 15) is 0 Å². The van der Waals surface area contributed by atoms with Gasteiger partial charge in [0.15, 0.2) is 0 Å². The van der Waals surface area contributed by atoms with Gasteiger partial charge in [-0.15, -0.1) is 12.1 Å². The van der Waals surface area contributed by atoms with Crippen LogP contribution in [0.2, 0.25) is 0 Å². The van der Waals surface area contributed by atoms with Gasteiger partial charge in [0.25, 0.3) is 0 Å². The fourth-order valence-electron chi connectivity index (χ4n) is 0.965. The first-order valence-electron chi connectivity index (χ1n) is 7.07. The molecule has 0 saturated carbocycles. The number of rotatable bonds is 4. The predicted octanol–water partition coefficient (Wildman–Crippen LogP) is 3.88. The average molecular weight is 397 g/mol. The Morgan fingerprint density at radius 3 is 1.62 bits per heavy atom. The fourth-order valence-corrected chi connectivity index (χ4v) is 1.47. The molecule has 0 unspecified atom stereocenters. The molecule has 0 atom stereocenters. The molecule has 0 saturated heterocycles. The third-order valence-corrected chi connectivity index (χ3v) is 2.78. The van der Waals surface area contributed by atoms with E-state index in [4.69, 9.17) is 0 Å². The van der Waals surface area contributed by atoms with Crippen LogP contribution in [0.4, 0.5) is 0 Å². The van der Waals surface area contributed by atoms with E-state index in [1.807, 2.05) is 18.2 Å². The monoisotopic (exact) mass is 394 g/mol. The first-order valence-corrected chi connectivity index (χ1v) is 7.87. The van der Waals surface area contributed by atoms with Gasteiger partial charge in [-0.3, -0.25) is 0 Å². The molecule has 0 amide bonds. The zero-order chi connectivity index (χ0) is 14.9. The first-order chi connectivity index (χ1) is 9.21. The van der Waals surface area contributed by atoms with Crippen LogP contribution in [0.1, 0.15) is 58.4 Å². The topological polar surface area (TPSA) is 0 Å². The van der Waals surface area contributed by atoms with E-state index in [2.05, 4.69) is 67.7 Å². The largest absolute Gasteiger partial charge is 2.00 e. The van der Waals surface area contributed by atoms with Gasteiger partial charge in [-0.05, 0) is 0 Å². The Hall–Kier alpha value is 0.661. The number of benzene rings is 1. The summed E-state index contributed by atoms with van der Waals surface area (Å²) in [5.41, 5.74) is 2.46. The number of unbranched alkanes of at least 4 members (excludes halogenated alkanes) is 2. The molecule has 0 spiro atoms. The van der Waals surface area contributed by atoms with Crippen LogP contribution < -0.4 is 18.9 Å². The van der Waals surface area contributed by atoms with E-state index < -0.39 is 0 Å². The van der Waals surface area contributed by atoms with Gasteiger partial charge in [0.1, 0.15) is 0 Å². The van der Waals surface area contributed by atoms with E-state index in [0.29, 0.717) is 0 Å². The number of halogens is 1. The van der Waals surface area contributed by atoms with Crippen molar-refractivity contribution in [3.63, 3.8) is 0 Å². The summed E-state index contributed by atoms with van der Waals surface area (Å²) in [6, 6.07) is 10.3. The minimum atomic E-state index is 0. The van der Waals surface area contributed by atoms with Crippen molar-refractivity contribution < 1.29 is 38.3 Å². The normalized spacial score (nSPS) is 8.95. The molecule has 0 N–H and O–H groups in total. The van der Waals surface area contributed by atoms with E-state index in [-0.39, 0.29) is 38.3 Å². The molecule has 0 heterocycles. The predicted molar refractivity (Wildman–Crippen MR) is 92.8 cm³/mol. The molecule has 0 radical (unpaired) electrons. The summed E-state index contributed by atoms with van der Waals surface area (Å²) in [4.78, 5) is 3.00. The quantitative estimate of drug-likeness (QED) is 0.535. The van der Waals surface area contributed by atoms with Crippen molar-refractivity contribution >= 4 is 21.5 Å². The molecule has 0 nitrogen and oxygen atoms in total. The molecular formula is C18H28BrLiZn. The second kappa shape index (κ2) is 25.6. The van der Waals surface area contributed by atoms with Crippen molar-refractivity contribution in [2.24, 2.45) is 0 Å². The summed E-state index contributed by atoms with van der Waals surface area (Å²) < 4.78 is 0. The molecule has 110 valence electrons. The summed E-state index contributed by atoms with van der Waals surface area (Å²) in [6.07, 6.45) is 5.56. The molecule has 0 fully saturated rings. The minimum absolute atomic E-state index is 0. The molecule has 0 aliphatic heterocycles. The standard InChI is InChI=1S/C10H10Br.2C4H9.Li.Zn/c1-2-9(8-11)10-6-4-3-5-7-10;2*1-3-4-2;;/h3-7H,2H2,1H3;2*1,3-4H2,2H3;;/q3*-1;+1;+2. The summed E-state index contributed by atoms with van der Waals surface area (Å²) >= 11 is 3.23. The van der Waals surface area contributed by atoms with Crippen LogP contribution in [0.3, 0.4) is 0 Å². The molecule has 1 aromatic carbocycles. The van der Waals surface area contributed by atoms with E-state index in [1.54, 1.807) is 0 Å². The molecule has 0 aliphatic carbocycles. The first kappa shape index (κ1) is 29.6. The zero-order valence-electron chi connectivity index (χ0n) is 14.4. The molecule has 0 bridgehead atoms. The Labute approximate surface area is 166 Å². The van der Waals surface area contributed by atoms with Crippen molar-refractivity contribution in [1.82, 2.24) is 0 Å². The van der Waals surface area contributed by atoms with E-state index in [0.717, 1.165) is 19.3 Å². The summed E-state index contributed by atoms with van der Waals surface area (Å²) in [7, 11) is 0. The average Bonchev–Trinajstić information content (AvgIpc) is 2.50. The van der Waals surface area contributed by atoms with Gasteiger partial charge in [0.05, 0.1) is 0 Å². The van der Waals surface area contributed by atoms with Crippen molar-refractivity contribution in [2.45, 2.75) is 52.9 Å². The molecule has 0 aliphatic rings. The van der Waals surface area contributed by atoms with Crippen molar-refractivity contribution in [2.75, 3.05) is 0 Å². The second-order valence-electron chi connectivity index (χ2n) is 4.00. The molecular weight excluding hydrogens is 368 g/mol. The van der Waals surface area contributed by atoms with Gasteiger partial charge in [-0.2, -0.15) is 39.3 Å². The van der Waals surface area contributed by atoms with Crippen LogP contribution in [0.15, 0.2) is 30.3 Å². The minimum Gasteiger partial charge on any atom is -0.343 e. The summed E-state index contributed by atoms with van der Waals surface area (Å²) in [6.45, 7) is 13.6. The van der Waals surface area contributed by atoms with Crippen LogP contribution in [0.5, 0.6) is 0 Å². The van der Waals surface area contributed by atoms with Gasteiger partial charge in [-0.1, -0.05) is 58.2 Å². The van der Waals surface area contributed by atoms with Gasteiger partial charge < -0.3 is 13.8 Å². The van der Waals surface area contributed by atoms with Crippen LogP contribution in [0.25, 0.3) is 5.57 Å². The van der Waals surface area contributed by atoms with Crippen LogP contribution >= 0.6 is 15.9 Å². The molecule has 0 aromatic heterocycles. The van der Waals surface area contributed by atoms with E-state index >= 15 is 0 Å².